The van der Waals surface area contributed by atoms with E-state index in [1.807, 2.05) is 36.5 Å². The molecule has 0 aliphatic carbocycles. The number of fused-ring (bicyclic) bond motifs is 1. The lowest BCUT2D eigenvalue weighted by Crippen LogP contribution is -2.18. The Bertz CT molecular complexity index is 617. The quantitative estimate of drug-likeness (QED) is 0.400. The zero-order chi connectivity index (χ0) is 17.7. The topological polar surface area (TPSA) is 31.2 Å². The second kappa shape index (κ2) is 11.7. The highest BCUT2D eigenvalue weighted by Gasteiger charge is 2.07. The van der Waals surface area contributed by atoms with E-state index in [0.29, 0.717) is 6.42 Å². The van der Waals surface area contributed by atoms with Crippen LogP contribution < -0.4 is 4.84 Å². The minimum atomic E-state index is -0.141. The van der Waals surface area contributed by atoms with E-state index >= 15 is 0 Å². The predicted octanol–water partition coefficient (Wildman–Crippen LogP) is 6.30. The summed E-state index contributed by atoms with van der Waals surface area (Å²) in [5.74, 6) is -0.141. The van der Waals surface area contributed by atoms with Crippen molar-refractivity contribution in [3.05, 3.63) is 36.5 Å². The summed E-state index contributed by atoms with van der Waals surface area (Å²) in [5.41, 5.74) is 0.940. The van der Waals surface area contributed by atoms with Gasteiger partial charge in [-0.25, -0.2) is 4.79 Å². The van der Waals surface area contributed by atoms with E-state index in [4.69, 9.17) is 4.84 Å². The Morgan fingerprint density at radius 1 is 0.840 bits per heavy atom. The molecule has 3 heteroatoms. The van der Waals surface area contributed by atoms with Gasteiger partial charge in [-0.15, -0.1) is 0 Å². The average molecular weight is 344 g/mol. The summed E-state index contributed by atoms with van der Waals surface area (Å²) in [6.45, 7) is 2.26. The van der Waals surface area contributed by atoms with Gasteiger partial charge in [-0.2, -0.15) is 4.73 Å². The van der Waals surface area contributed by atoms with E-state index < -0.39 is 0 Å². The Hall–Kier alpha value is -1.77. The highest BCUT2D eigenvalue weighted by atomic mass is 16.7. The van der Waals surface area contributed by atoms with Crippen LogP contribution in [0.15, 0.2) is 36.5 Å². The third-order valence-corrected chi connectivity index (χ3v) is 4.75. The largest absolute Gasteiger partial charge is 0.337 e. The number of aromatic nitrogens is 1. The molecule has 0 bridgehead atoms. The number of rotatable bonds is 13. The normalized spacial score (nSPS) is 11.1. The Morgan fingerprint density at radius 2 is 1.44 bits per heavy atom. The van der Waals surface area contributed by atoms with E-state index in [1.165, 1.54) is 57.8 Å². The maximum absolute atomic E-state index is 12.0. The van der Waals surface area contributed by atoms with Crippen molar-refractivity contribution in [1.29, 1.82) is 0 Å². The van der Waals surface area contributed by atoms with Crippen LogP contribution in [-0.2, 0) is 4.79 Å². The minimum Gasteiger partial charge on any atom is -0.337 e. The van der Waals surface area contributed by atoms with Crippen molar-refractivity contribution < 1.29 is 9.63 Å². The number of benzene rings is 1. The maximum atomic E-state index is 12.0. The van der Waals surface area contributed by atoms with Crippen LogP contribution in [0.25, 0.3) is 10.9 Å². The summed E-state index contributed by atoms with van der Waals surface area (Å²) >= 11 is 0. The molecule has 0 N–H and O–H groups in total. The number of nitrogens with zero attached hydrogens (tertiary/aromatic N) is 1. The Labute approximate surface area is 152 Å². The third kappa shape index (κ3) is 7.33. The SMILES string of the molecule is CCCCCCCCCCCCCC(=O)On1ccc2ccccc21. The van der Waals surface area contributed by atoms with Gasteiger partial charge in [0, 0.05) is 18.0 Å². The monoisotopic (exact) mass is 343 g/mol. The molecule has 0 saturated carbocycles. The fourth-order valence-electron chi connectivity index (χ4n) is 3.23. The summed E-state index contributed by atoms with van der Waals surface area (Å²) in [7, 11) is 0. The van der Waals surface area contributed by atoms with Gasteiger partial charge in [0.1, 0.15) is 0 Å². The smallest absolute Gasteiger partial charge is 0.332 e. The lowest BCUT2D eigenvalue weighted by atomic mass is 10.1. The summed E-state index contributed by atoms with van der Waals surface area (Å²) in [6, 6.07) is 9.88. The van der Waals surface area contributed by atoms with E-state index in [9.17, 15) is 4.79 Å². The first kappa shape index (κ1) is 19.6. The van der Waals surface area contributed by atoms with Crippen LogP contribution >= 0.6 is 0 Å². The van der Waals surface area contributed by atoms with Gasteiger partial charge in [-0.1, -0.05) is 89.3 Å². The standard InChI is InChI=1S/C22H33NO2/c1-2-3-4-5-6-7-8-9-10-11-12-17-22(24)25-23-19-18-20-15-13-14-16-21(20)23/h13-16,18-19H,2-12,17H2,1H3. The minimum absolute atomic E-state index is 0.141. The van der Waals surface area contributed by atoms with Gasteiger partial charge < -0.3 is 4.84 Å². The zero-order valence-electron chi connectivity index (χ0n) is 15.7. The average Bonchev–Trinajstić information content (AvgIpc) is 3.03. The number of hydrogen-bond acceptors (Lipinski definition) is 2. The second-order valence-electron chi connectivity index (χ2n) is 6.95. The van der Waals surface area contributed by atoms with Crippen LogP contribution in [0.1, 0.15) is 84.0 Å². The van der Waals surface area contributed by atoms with Gasteiger partial charge in [0.05, 0.1) is 5.52 Å². The van der Waals surface area contributed by atoms with Crippen molar-refractivity contribution in [1.82, 2.24) is 4.73 Å². The van der Waals surface area contributed by atoms with Crippen LogP contribution in [-0.4, -0.2) is 10.7 Å². The molecular weight excluding hydrogens is 310 g/mol. The zero-order valence-corrected chi connectivity index (χ0v) is 15.7. The van der Waals surface area contributed by atoms with Crippen molar-refractivity contribution >= 4 is 16.9 Å². The summed E-state index contributed by atoms with van der Waals surface area (Å²) < 4.78 is 1.58. The van der Waals surface area contributed by atoms with Gasteiger partial charge in [-0.3, -0.25) is 0 Å². The van der Waals surface area contributed by atoms with Crippen LogP contribution in [0.4, 0.5) is 0 Å². The first-order valence-corrected chi connectivity index (χ1v) is 10.1. The van der Waals surface area contributed by atoms with Crippen LogP contribution in [0.3, 0.4) is 0 Å². The first-order valence-electron chi connectivity index (χ1n) is 10.1. The highest BCUT2D eigenvalue weighted by molar-refractivity contribution is 5.80. The van der Waals surface area contributed by atoms with Gasteiger partial charge in [-0.05, 0) is 18.6 Å². The molecule has 0 aliphatic rings. The van der Waals surface area contributed by atoms with Crippen molar-refractivity contribution in [2.45, 2.75) is 84.0 Å². The van der Waals surface area contributed by atoms with Crippen LogP contribution in [0, 0.1) is 0 Å². The van der Waals surface area contributed by atoms with Crippen molar-refractivity contribution in [3.8, 4) is 0 Å². The maximum Gasteiger partial charge on any atom is 0.332 e. The molecule has 0 radical (unpaired) electrons. The fourth-order valence-corrected chi connectivity index (χ4v) is 3.23. The molecule has 0 spiro atoms. The summed E-state index contributed by atoms with van der Waals surface area (Å²) in [6.07, 6.45) is 16.5. The molecule has 2 aromatic rings. The van der Waals surface area contributed by atoms with Crippen molar-refractivity contribution in [2.75, 3.05) is 0 Å². The molecule has 0 saturated heterocycles. The van der Waals surface area contributed by atoms with E-state index in [-0.39, 0.29) is 5.97 Å². The summed E-state index contributed by atoms with van der Waals surface area (Å²) in [5, 5.41) is 1.09. The number of para-hydroxylation sites is 1. The lowest BCUT2D eigenvalue weighted by molar-refractivity contribution is -0.143. The van der Waals surface area contributed by atoms with Gasteiger partial charge in [0.2, 0.25) is 0 Å². The predicted molar refractivity (Wildman–Crippen MR) is 105 cm³/mol. The molecular formula is C22H33NO2. The number of carbonyl (C=O) groups is 1. The highest BCUT2D eigenvalue weighted by Crippen LogP contribution is 2.15. The van der Waals surface area contributed by atoms with E-state index in [1.54, 1.807) is 4.73 Å². The molecule has 0 fully saturated rings. The second-order valence-corrected chi connectivity index (χ2v) is 6.95. The number of carbonyl (C=O) groups excluding carboxylic acids is 1. The molecule has 1 aromatic heterocycles. The van der Waals surface area contributed by atoms with Crippen LogP contribution in [0.2, 0.25) is 0 Å². The molecule has 1 heterocycles. The Kier molecular flexibility index (Phi) is 9.17. The molecule has 25 heavy (non-hydrogen) atoms. The first-order chi connectivity index (χ1) is 12.3. The molecule has 0 amide bonds. The lowest BCUT2D eigenvalue weighted by Gasteiger charge is -2.06. The molecule has 138 valence electrons. The molecule has 0 unspecified atom stereocenters. The molecule has 0 atom stereocenters. The summed E-state index contributed by atoms with van der Waals surface area (Å²) in [4.78, 5) is 17.4. The number of unbranched alkanes of at least 4 members (excludes halogenated alkanes) is 10. The Balaban J connectivity index is 1.49. The van der Waals surface area contributed by atoms with Crippen LogP contribution in [0.5, 0.6) is 0 Å². The van der Waals surface area contributed by atoms with Gasteiger partial charge in [0.15, 0.2) is 0 Å². The van der Waals surface area contributed by atoms with Crippen molar-refractivity contribution in [2.24, 2.45) is 0 Å². The van der Waals surface area contributed by atoms with E-state index in [2.05, 4.69) is 6.92 Å². The van der Waals surface area contributed by atoms with Gasteiger partial charge >= 0.3 is 5.97 Å². The van der Waals surface area contributed by atoms with Gasteiger partial charge in [0.25, 0.3) is 0 Å². The van der Waals surface area contributed by atoms with E-state index in [0.717, 1.165) is 23.7 Å². The molecule has 3 nitrogen and oxygen atoms in total. The molecule has 0 aliphatic heterocycles. The molecule has 1 aromatic carbocycles. The fraction of sp³-hybridized carbons (Fsp3) is 0.591. The van der Waals surface area contributed by atoms with Crippen molar-refractivity contribution in [3.63, 3.8) is 0 Å². The number of hydrogen-bond donors (Lipinski definition) is 0. The third-order valence-electron chi connectivity index (χ3n) is 4.75. The Morgan fingerprint density at radius 3 is 2.12 bits per heavy atom. The molecule has 2 rings (SSSR count).